The Hall–Kier alpha value is -3.26. The molecule has 0 radical (unpaired) electrons. The van der Waals surface area contributed by atoms with Crippen molar-refractivity contribution < 1.29 is 9.21 Å². The molecule has 156 valence electrons. The number of furan rings is 1. The Morgan fingerprint density at radius 1 is 1.16 bits per heavy atom. The second-order valence-electron chi connectivity index (χ2n) is 8.91. The van der Waals surface area contributed by atoms with E-state index in [0.717, 1.165) is 56.1 Å². The highest BCUT2D eigenvalue weighted by molar-refractivity contribution is 7.99. The van der Waals surface area contributed by atoms with Crippen LogP contribution in [0.4, 0.5) is 5.82 Å². The first-order valence-corrected chi connectivity index (χ1v) is 11.1. The number of imidazole rings is 1. The molecule has 1 atom stereocenters. The molecule has 1 unspecified atom stereocenters. The molecule has 2 aliphatic rings. The number of anilines is 1. The molecule has 0 amide bonds. The van der Waals surface area contributed by atoms with Crippen LogP contribution >= 0.6 is 11.8 Å². The number of nitrogens with one attached hydrogen (secondary N) is 3. The van der Waals surface area contributed by atoms with E-state index in [0.29, 0.717) is 6.42 Å². The van der Waals surface area contributed by atoms with Crippen molar-refractivity contribution in [3.05, 3.63) is 65.2 Å². The van der Waals surface area contributed by atoms with Crippen molar-refractivity contribution in [3.8, 4) is 0 Å². The zero-order valence-corrected chi connectivity index (χ0v) is 18.0. The normalized spacial score (nSPS) is 19.9. The van der Waals surface area contributed by atoms with Gasteiger partial charge in [-0.1, -0.05) is 26.0 Å². The number of carbonyl (C=O) groups excluding carboxylic acids is 1. The van der Waals surface area contributed by atoms with E-state index in [1.165, 1.54) is 11.8 Å². The number of hydrogen-bond donors (Lipinski definition) is 3. The third-order valence-corrected chi connectivity index (χ3v) is 6.72. The molecule has 3 N–H and O–H groups in total. The van der Waals surface area contributed by atoms with Gasteiger partial charge in [0.15, 0.2) is 16.0 Å². The number of fused-ring (bicyclic) bond motifs is 2. The Morgan fingerprint density at radius 2 is 2.03 bits per heavy atom. The molecule has 4 aromatic rings. The van der Waals surface area contributed by atoms with Gasteiger partial charge in [0.05, 0.1) is 23.1 Å². The molecule has 0 saturated carbocycles. The van der Waals surface area contributed by atoms with E-state index in [4.69, 9.17) is 4.42 Å². The zero-order chi connectivity index (χ0) is 21.2. The van der Waals surface area contributed by atoms with Gasteiger partial charge in [-0.3, -0.25) is 9.89 Å². The van der Waals surface area contributed by atoms with Crippen LogP contribution in [0.1, 0.15) is 43.9 Å². The summed E-state index contributed by atoms with van der Waals surface area (Å²) in [4.78, 5) is 21.1. The lowest BCUT2D eigenvalue weighted by Crippen LogP contribution is -2.33. The Kier molecular flexibility index (Phi) is 3.95. The number of aromatic nitrogens is 4. The quantitative estimate of drug-likeness (QED) is 0.411. The molecule has 4 heterocycles. The predicted octanol–water partition coefficient (Wildman–Crippen LogP) is 5.23. The highest BCUT2D eigenvalue weighted by Gasteiger charge is 2.42. The first-order valence-electron chi connectivity index (χ1n) is 10.3. The van der Waals surface area contributed by atoms with Crippen LogP contribution in [0.3, 0.4) is 0 Å². The molecule has 8 heteroatoms. The first kappa shape index (κ1) is 18.5. The lowest BCUT2D eigenvalue weighted by molar-refractivity contribution is -0.118. The smallest absolute Gasteiger partial charge is 0.174 e. The van der Waals surface area contributed by atoms with E-state index in [9.17, 15) is 4.79 Å². The number of para-hydroxylation sites is 2. The monoisotopic (exact) mass is 431 g/mol. The summed E-state index contributed by atoms with van der Waals surface area (Å²) in [5.74, 6) is 1.47. The summed E-state index contributed by atoms with van der Waals surface area (Å²) in [5.41, 5.74) is 4.53. The summed E-state index contributed by atoms with van der Waals surface area (Å²) in [7, 11) is 0. The van der Waals surface area contributed by atoms with Crippen LogP contribution in [0.25, 0.3) is 11.0 Å². The second kappa shape index (κ2) is 6.62. The number of carbonyl (C=O) groups is 1. The highest BCUT2D eigenvalue weighted by Crippen LogP contribution is 2.49. The van der Waals surface area contributed by atoms with Gasteiger partial charge in [-0.15, -0.1) is 0 Å². The minimum absolute atomic E-state index is 0.0730. The lowest BCUT2D eigenvalue weighted by Gasteiger charge is -2.37. The van der Waals surface area contributed by atoms with Gasteiger partial charge in [-0.05, 0) is 47.9 Å². The lowest BCUT2D eigenvalue weighted by atomic mass is 9.70. The van der Waals surface area contributed by atoms with Gasteiger partial charge in [0.25, 0.3) is 0 Å². The van der Waals surface area contributed by atoms with Gasteiger partial charge in [0.1, 0.15) is 11.6 Å². The molecule has 31 heavy (non-hydrogen) atoms. The van der Waals surface area contributed by atoms with Crippen LogP contribution in [-0.2, 0) is 4.79 Å². The van der Waals surface area contributed by atoms with Crippen LogP contribution in [-0.4, -0.2) is 25.9 Å². The van der Waals surface area contributed by atoms with Gasteiger partial charge in [-0.25, -0.2) is 4.98 Å². The van der Waals surface area contributed by atoms with E-state index in [1.807, 2.05) is 36.4 Å². The molecule has 1 aromatic carbocycles. The maximum Gasteiger partial charge on any atom is 0.174 e. The molecule has 7 nitrogen and oxygen atoms in total. The van der Waals surface area contributed by atoms with E-state index in [-0.39, 0.29) is 17.1 Å². The molecule has 0 fully saturated rings. The average molecular weight is 432 g/mol. The average Bonchev–Trinajstić information content (AvgIpc) is 3.44. The standard InChI is InChI=1S/C23H21N5O2S/c1-23(2)9-15-20(16(29)10-23)19(12-11-24-28-21(12)25-15)17-7-8-18(30-17)31-22-26-13-5-3-4-6-14(13)27-22/h3-8,11,19H,9-10H2,1-2H3,(H,26,27)(H2,24,25,28). The number of ketones is 1. The summed E-state index contributed by atoms with van der Waals surface area (Å²) in [5, 5.41) is 12.1. The number of H-pyrrole nitrogens is 2. The maximum atomic E-state index is 13.2. The van der Waals surface area contributed by atoms with Crippen LogP contribution < -0.4 is 5.32 Å². The fourth-order valence-corrected chi connectivity index (χ4v) is 5.38. The van der Waals surface area contributed by atoms with Gasteiger partial charge in [-0.2, -0.15) is 5.10 Å². The van der Waals surface area contributed by atoms with E-state index in [1.54, 1.807) is 6.20 Å². The van der Waals surface area contributed by atoms with Crippen molar-refractivity contribution in [3.63, 3.8) is 0 Å². The molecule has 1 aliphatic heterocycles. The van der Waals surface area contributed by atoms with Crippen molar-refractivity contribution in [2.75, 3.05) is 5.32 Å². The fourth-order valence-electron chi connectivity index (χ4n) is 4.61. The molecule has 1 aliphatic carbocycles. The number of allylic oxidation sites excluding steroid dienone is 2. The zero-order valence-electron chi connectivity index (χ0n) is 17.2. The third kappa shape index (κ3) is 3.09. The van der Waals surface area contributed by atoms with Crippen molar-refractivity contribution in [2.24, 2.45) is 5.41 Å². The minimum atomic E-state index is -0.265. The number of rotatable bonds is 3. The molecule has 0 bridgehead atoms. The number of benzene rings is 1. The van der Waals surface area contributed by atoms with Gasteiger partial charge in [0.2, 0.25) is 0 Å². The summed E-state index contributed by atoms with van der Waals surface area (Å²) < 4.78 is 6.25. The van der Waals surface area contributed by atoms with Crippen molar-refractivity contribution in [2.45, 2.75) is 42.9 Å². The summed E-state index contributed by atoms with van der Waals surface area (Å²) in [6, 6.07) is 11.8. The van der Waals surface area contributed by atoms with Crippen molar-refractivity contribution in [1.82, 2.24) is 20.2 Å². The van der Waals surface area contributed by atoms with Crippen LogP contribution in [0.2, 0.25) is 0 Å². The van der Waals surface area contributed by atoms with Crippen LogP contribution in [0, 0.1) is 5.41 Å². The molecule has 6 rings (SSSR count). The SMILES string of the molecule is CC1(C)CC(=O)C2=C(C1)Nc1[nH]ncc1C2c1ccc(Sc2nc3ccccc3[nH]2)o1. The predicted molar refractivity (Wildman–Crippen MR) is 118 cm³/mol. The minimum Gasteiger partial charge on any atom is -0.453 e. The Labute approximate surface area is 182 Å². The van der Waals surface area contributed by atoms with E-state index >= 15 is 0 Å². The number of hydrogen-bond acceptors (Lipinski definition) is 6. The number of nitrogens with zero attached hydrogens (tertiary/aromatic N) is 2. The fraction of sp³-hybridized carbons (Fsp3) is 0.261. The largest absolute Gasteiger partial charge is 0.453 e. The Balaban J connectivity index is 1.37. The second-order valence-corrected chi connectivity index (χ2v) is 9.90. The van der Waals surface area contributed by atoms with E-state index in [2.05, 4.69) is 39.3 Å². The molecular formula is C23H21N5O2S. The van der Waals surface area contributed by atoms with Crippen LogP contribution in [0.5, 0.6) is 0 Å². The van der Waals surface area contributed by atoms with Gasteiger partial charge in [0, 0.05) is 23.3 Å². The topological polar surface area (TPSA) is 99.6 Å². The molecule has 0 spiro atoms. The molecule has 0 saturated heterocycles. The van der Waals surface area contributed by atoms with Crippen LogP contribution in [0.15, 0.2) is 68.5 Å². The first-order chi connectivity index (χ1) is 15.0. The Morgan fingerprint density at radius 3 is 2.90 bits per heavy atom. The summed E-state index contributed by atoms with van der Waals surface area (Å²) in [6.07, 6.45) is 3.11. The third-order valence-electron chi connectivity index (χ3n) is 5.92. The summed E-state index contributed by atoms with van der Waals surface area (Å²) in [6.45, 7) is 4.26. The van der Waals surface area contributed by atoms with Gasteiger partial charge >= 0.3 is 0 Å². The number of aromatic amines is 2. The highest BCUT2D eigenvalue weighted by atomic mass is 32.2. The van der Waals surface area contributed by atoms with Crippen molar-refractivity contribution >= 4 is 34.4 Å². The Bertz CT molecular complexity index is 1330. The summed E-state index contributed by atoms with van der Waals surface area (Å²) >= 11 is 1.44. The van der Waals surface area contributed by atoms with Crippen molar-refractivity contribution in [1.29, 1.82) is 0 Å². The number of Topliss-reactive ketones (excluding diaryl/α,β-unsaturated/α-hetero) is 1. The van der Waals surface area contributed by atoms with E-state index < -0.39 is 0 Å². The molecular weight excluding hydrogens is 410 g/mol. The van der Waals surface area contributed by atoms with Gasteiger partial charge < -0.3 is 14.7 Å². The molecule has 3 aromatic heterocycles. The maximum absolute atomic E-state index is 13.2.